The van der Waals surface area contributed by atoms with Crippen LogP contribution in [0, 0.1) is 11.3 Å². The molecule has 0 saturated carbocycles. The van der Waals surface area contributed by atoms with Gasteiger partial charge in [0, 0.05) is 50.7 Å². The Balaban J connectivity index is 1.57. The number of imidazole rings is 1. The highest BCUT2D eigenvalue weighted by Gasteiger charge is 2.33. The number of benzene rings is 3. The van der Waals surface area contributed by atoms with Gasteiger partial charge in [-0.15, -0.1) is 0 Å². The van der Waals surface area contributed by atoms with E-state index in [1.165, 1.54) is 12.1 Å². The minimum Gasteiger partial charge on any atom is -0.497 e. The predicted molar refractivity (Wildman–Crippen MR) is 152 cm³/mol. The number of aromatic nitrogens is 2. The van der Waals surface area contributed by atoms with E-state index in [0.717, 1.165) is 23.0 Å². The number of anilines is 1. The number of methoxy groups -OCH3 is 1. The van der Waals surface area contributed by atoms with Gasteiger partial charge in [0.25, 0.3) is 0 Å². The maximum absolute atomic E-state index is 13.8. The van der Waals surface area contributed by atoms with Crippen molar-refractivity contribution in [3.63, 3.8) is 0 Å². The number of alkyl halides is 3. The van der Waals surface area contributed by atoms with Crippen molar-refractivity contribution in [3.8, 4) is 11.8 Å². The summed E-state index contributed by atoms with van der Waals surface area (Å²) >= 11 is 5.82. The average molecular weight is 564 g/mol. The van der Waals surface area contributed by atoms with Crippen LogP contribution < -0.4 is 9.64 Å². The number of nitriles is 1. The van der Waals surface area contributed by atoms with Crippen LogP contribution in [0.15, 0.2) is 85.3 Å². The first-order valence-corrected chi connectivity index (χ1v) is 12.9. The van der Waals surface area contributed by atoms with E-state index in [0.29, 0.717) is 35.9 Å². The summed E-state index contributed by atoms with van der Waals surface area (Å²) in [5.41, 5.74) is 2.74. The SMILES string of the molecule is COc1ccc(N(C)C(=S)N(CCc2cncn2Cc2ccc(C#N)cc2)Cc2ccccc2C(F)(F)F)cc1. The molecular weight excluding hydrogens is 535 g/mol. The first-order valence-electron chi connectivity index (χ1n) is 12.5. The zero-order valence-corrected chi connectivity index (χ0v) is 22.9. The van der Waals surface area contributed by atoms with E-state index in [-0.39, 0.29) is 12.1 Å². The molecule has 4 rings (SSSR count). The van der Waals surface area contributed by atoms with Crippen LogP contribution >= 0.6 is 12.2 Å². The lowest BCUT2D eigenvalue weighted by Crippen LogP contribution is -2.42. The van der Waals surface area contributed by atoms with Gasteiger partial charge in [-0.2, -0.15) is 18.4 Å². The molecule has 40 heavy (non-hydrogen) atoms. The van der Waals surface area contributed by atoms with Crippen LogP contribution in [-0.4, -0.2) is 40.3 Å². The van der Waals surface area contributed by atoms with Crippen molar-refractivity contribution in [1.29, 1.82) is 5.26 Å². The molecule has 0 unspecified atom stereocenters. The van der Waals surface area contributed by atoms with Crippen LogP contribution in [0.1, 0.15) is 27.9 Å². The van der Waals surface area contributed by atoms with Crippen molar-refractivity contribution in [1.82, 2.24) is 14.5 Å². The molecule has 0 atom stereocenters. The average Bonchev–Trinajstić information content (AvgIpc) is 3.41. The molecule has 206 valence electrons. The molecule has 0 fully saturated rings. The summed E-state index contributed by atoms with van der Waals surface area (Å²) in [6, 6.07) is 22.3. The zero-order valence-electron chi connectivity index (χ0n) is 22.1. The molecule has 0 spiro atoms. The van der Waals surface area contributed by atoms with Crippen LogP contribution in [0.5, 0.6) is 5.75 Å². The summed E-state index contributed by atoms with van der Waals surface area (Å²) in [4.78, 5) is 7.85. The van der Waals surface area contributed by atoms with Gasteiger partial charge < -0.3 is 19.1 Å². The summed E-state index contributed by atoms with van der Waals surface area (Å²) in [6.45, 7) is 0.900. The summed E-state index contributed by atoms with van der Waals surface area (Å²) in [5, 5.41) is 9.44. The van der Waals surface area contributed by atoms with Gasteiger partial charge in [0.2, 0.25) is 0 Å². The summed E-state index contributed by atoms with van der Waals surface area (Å²) in [5.74, 6) is 0.689. The van der Waals surface area contributed by atoms with Crippen LogP contribution in [0.2, 0.25) is 0 Å². The summed E-state index contributed by atoms with van der Waals surface area (Å²) in [7, 11) is 3.37. The van der Waals surface area contributed by atoms with Gasteiger partial charge >= 0.3 is 6.18 Å². The van der Waals surface area contributed by atoms with Crippen LogP contribution in [0.3, 0.4) is 0 Å². The summed E-state index contributed by atoms with van der Waals surface area (Å²) < 4.78 is 48.6. The second-order valence-corrected chi connectivity index (χ2v) is 9.55. The zero-order chi connectivity index (χ0) is 28.7. The quantitative estimate of drug-likeness (QED) is 0.223. The molecule has 1 aromatic heterocycles. The van der Waals surface area contributed by atoms with Crippen molar-refractivity contribution >= 4 is 23.0 Å². The second kappa shape index (κ2) is 12.7. The normalized spacial score (nSPS) is 11.1. The number of halogens is 3. The van der Waals surface area contributed by atoms with Crippen LogP contribution in [0.25, 0.3) is 0 Å². The standard InChI is InChI=1S/C30H28F3N5OS/c1-36(25-11-13-27(39-2)14-12-25)29(40)37(20-24-5-3-4-6-28(24)30(31,32)33)16-15-26-18-35-21-38(26)19-23-9-7-22(17-34)8-10-23/h3-14,18,21H,15-16,19-20H2,1-2H3. The van der Waals surface area contributed by atoms with E-state index in [4.69, 9.17) is 22.2 Å². The number of rotatable bonds is 9. The molecule has 10 heteroatoms. The minimum atomic E-state index is -4.48. The monoisotopic (exact) mass is 563 g/mol. The van der Waals surface area contributed by atoms with E-state index in [1.54, 1.807) is 66.8 Å². The summed E-state index contributed by atoms with van der Waals surface area (Å²) in [6.07, 6.45) is -0.507. The third kappa shape index (κ3) is 6.98. The van der Waals surface area contributed by atoms with Crippen molar-refractivity contribution in [2.45, 2.75) is 25.7 Å². The highest BCUT2D eigenvalue weighted by Crippen LogP contribution is 2.32. The molecule has 6 nitrogen and oxygen atoms in total. The van der Waals surface area contributed by atoms with E-state index in [1.807, 2.05) is 28.8 Å². The Bertz CT molecular complexity index is 1480. The van der Waals surface area contributed by atoms with Gasteiger partial charge in [-0.25, -0.2) is 4.98 Å². The highest BCUT2D eigenvalue weighted by molar-refractivity contribution is 7.80. The number of hydrogen-bond donors (Lipinski definition) is 0. The van der Waals surface area contributed by atoms with E-state index < -0.39 is 11.7 Å². The first-order chi connectivity index (χ1) is 19.2. The van der Waals surface area contributed by atoms with Crippen molar-refractivity contribution in [3.05, 3.63) is 113 Å². The van der Waals surface area contributed by atoms with Gasteiger partial charge in [-0.05, 0) is 65.8 Å². The largest absolute Gasteiger partial charge is 0.497 e. The Morgan fingerprint density at radius 3 is 2.40 bits per heavy atom. The Morgan fingerprint density at radius 2 is 1.75 bits per heavy atom. The predicted octanol–water partition coefficient (Wildman–Crippen LogP) is 6.30. The molecule has 1 heterocycles. The molecule has 0 bridgehead atoms. The second-order valence-electron chi connectivity index (χ2n) is 9.19. The molecule has 0 aliphatic rings. The first kappa shape index (κ1) is 28.6. The number of hydrogen-bond acceptors (Lipinski definition) is 4. The minimum absolute atomic E-state index is 0.0151. The van der Waals surface area contributed by atoms with Crippen molar-refractivity contribution in [2.75, 3.05) is 25.6 Å². The molecule has 0 radical (unpaired) electrons. The van der Waals surface area contributed by atoms with Gasteiger partial charge in [-0.3, -0.25) is 0 Å². The molecule has 0 amide bonds. The molecule has 0 N–H and O–H groups in total. The number of nitrogens with zero attached hydrogens (tertiary/aromatic N) is 5. The van der Waals surface area contributed by atoms with Crippen LogP contribution in [-0.2, 0) is 25.7 Å². The Labute approximate surface area is 236 Å². The van der Waals surface area contributed by atoms with E-state index in [9.17, 15) is 13.2 Å². The van der Waals surface area contributed by atoms with Crippen molar-refractivity contribution in [2.24, 2.45) is 0 Å². The topological polar surface area (TPSA) is 57.3 Å². The smallest absolute Gasteiger partial charge is 0.416 e. The lowest BCUT2D eigenvalue weighted by Gasteiger charge is -2.32. The fourth-order valence-electron chi connectivity index (χ4n) is 4.34. The fourth-order valence-corrected chi connectivity index (χ4v) is 4.60. The van der Waals surface area contributed by atoms with E-state index in [2.05, 4.69) is 11.1 Å². The van der Waals surface area contributed by atoms with Gasteiger partial charge in [-0.1, -0.05) is 30.3 Å². The lowest BCUT2D eigenvalue weighted by molar-refractivity contribution is -0.138. The maximum atomic E-state index is 13.8. The molecule has 0 aliphatic heterocycles. The molecule has 0 aliphatic carbocycles. The third-order valence-electron chi connectivity index (χ3n) is 6.57. The fraction of sp³-hybridized carbons (Fsp3) is 0.233. The van der Waals surface area contributed by atoms with E-state index >= 15 is 0 Å². The third-order valence-corrected chi connectivity index (χ3v) is 7.11. The lowest BCUT2D eigenvalue weighted by atomic mass is 10.1. The maximum Gasteiger partial charge on any atom is 0.416 e. The van der Waals surface area contributed by atoms with Gasteiger partial charge in [0.05, 0.1) is 30.6 Å². The Hall–Kier alpha value is -4.36. The number of ether oxygens (including phenoxy) is 1. The Morgan fingerprint density at radius 1 is 1.05 bits per heavy atom. The Kier molecular flexibility index (Phi) is 9.07. The van der Waals surface area contributed by atoms with Crippen molar-refractivity contribution < 1.29 is 17.9 Å². The molecular formula is C30H28F3N5OS. The molecule has 3 aromatic carbocycles. The van der Waals surface area contributed by atoms with Crippen LogP contribution in [0.4, 0.5) is 18.9 Å². The molecule has 0 saturated heterocycles. The highest BCUT2D eigenvalue weighted by atomic mass is 32.1. The van der Waals surface area contributed by atoms with Gasteiger partial charge in [0.15, 0.2) is 5.11 Å². The van der Waals surface area contributed by atoms with Gasteiger partial charge in [0.1, 0.15) is 5.75 Å². The molecule has 4 aromatic rings. The number of thiocarbonyl (C=S) groups is 1.